The zero-order valence-corrected chi connectivity index (χ0v) is 22.0. The lowest BCUT2D eigenvalue weighted by atomic mass is 9.88. The first-order valence-electron chi connectivity index (χ1n) is 12.9. The summed E-state index contributed by atoms with van der Waals surface area (Å²) in [4.78, 5) is 38.1. The molecule has 1 aliphatic rings. The topological polar surface area (TPSA) is 102 Å². The fourth-order valence-electron chi connectivity index (χ4n) is 5.08. The zero-order valence-electron chi connectivity index (χ0n) is 22.0. The van der Waals surface area contributed by atoms with Crippen molar-refractivity contribution in [1.82, 2.24) is 19.8 Å². The monoisotopic (exact) mass is 501 g/mol. The minimum Gasteiger partial charge on any atom is -0.444 e. The van der Waals surface area contributed by atoms with E-state index in [2.05, 4.69) is 16.0 Å². The molecule has 0 bridgehead atoms. The Morgan fingerprint density at radius 1 is 1.08 bits per heavy atom. The number of rotatable bonds is 6. The number of nitrogens with one attached hydrogen (secondary N) is 1. The van der Waals surface area contributed by atoms with Crippen LogP contribution in [0.25, 0.3) is 11.0 Å². The van der Waals surface area contributed by atoms with Crippen molar-refractivity contribution >= 4 is 23.0 Å². The Morgan fingerprint density at radius 2 is 1.78 bits per heavy atom. The van der Waals surface area contributed by atoms with Crippen molar-refractivity contribution in [1.29, 1.82) is 5.26 Å². The molecule has 2 aromatic carbocycles. The molecular formula is C29H35N5O3. The molecule has 4 rings (SSSR count). The molecule has 0 radical (unpaired) electrons. The number of nitriles is 1. The summed E-state index contributed by atoms with van der Waals surface area (Å²) in [6.45, 7) is 8.55. The molecule has 8 heteroatoms. The van der Waals surface area contributed by atoms with E-state index in [1.165, 1.54) is 0 Å². The van der Waals surface area contributed by atoms with Gasteiger partial charge in [-0.25, -0.2) is 9.78 Å². The summed E-state index contributed by atoms with van der Waals surface area (Å²) in [5, 5.41) is 9.40. The summed E-state index contributed by atoms with van der Waals surface area (Å²) in [6, 6.07) is 17.2. The number of para-hydroxylation sites is 1. The fourth-order valence-corrected chi connectivity index (χ4v) is 5.08. The summed E-state index contributed by atoms with van der Waals surface area (Å²) < 4.78 is 5.78. The van der Waals surface area contributed by atoms with Crippen LogP contribution in [0, 0.1) is 11.3 Å². The standard InChI is InChI=1S/C29H35N5O3/c1-5-33(27(35)26-31-24-16-9-13-21(18-30)25(24)32-26)22-14-10-15-23(17-22)34(28(36)37-29(2,3)4)19-20-11-7-6-8-12-20/h6-9,11-13,16,22-23H,5,10,14-15,17,19H2,1-4H3,(H,31,32)/t22-,23+/m0/s1. The summed E-state index contributed by atoms with van der Waals surface area (Å²) in [5.74, 6) is 0.0371. The van der Waals surface area contributed by atoms with E-state index in [9.17, 15) is 14.9 Å². The molecule has 1 aromatic heterocycles. The molecular weight excluding hydrogens is 466 g/mol. The van der Waals surface area contributed by atoms with Crippen LogP contribution in [-0.2, 0) is 11.3 Å². The second-order valence-electron chi connectivity index (χ2n) is 10.6. The van der Waals surface area contributed by atoms with Crippen LogP contribution >= 0.6 is 0 Å². The maximum atomic E-state index is 13.6. The molecule has 1 fully saturated rings. The average Bonchev–Trinajstić information content (AvgIpc) is 3.32. The van der Waals surface area contributed by atoms with Gasteiger partial charge in [-0.3, -0.25) is 4.79 Å². The van der Waals surface area contributed by atoms with Gasteiger partial charge in [0.1, 0.15) is 17.2 Å². The highest BCUT2D eigenvalue weighted by molar-refractivity contribution is 5.95. The van der Waals surface area contributed by atoms with Crippen LogP contribution in [0.5, 0.6) is 0 Å². The van der Waals surface area contributed by atoms with Gasteiger partial charge in [0.2, 0.25) is 0 Å². The van der Waals surface area contributed by atoms with Crippen LogP contribution in [-0.4, -0.2) is 56.0 Å². The molecule has 37 heavy (non-hydrogen) atoms. The largest absolute Gasteiger partial charge is 0.444 e. The van der Waals surface area contributed by atoms with Crippen LogP contribution in [0.2, 0.25) is 0 Å². The Morgan fingerprint density at radius 3 is 2.43 bits per heavy atom. The Balaban J connectivity index is 1.56. The van der Waals surface area contributed by atoms with Crippen molar-refractivity contribution in [3.05, 3.63) is 65.5 Å². The lowest BCUT2D eigenvalue weighted by Gasteiger charge is -2.41. The van der Waals surface area contributed by atoms with E-state index in [1.807, 2.05) is 73.9 Å². The highest BCUT2D eigenvalue weighted by atomic mass is 16.6. The minimum absolute atomic E-state index is 0.0411. The lowest BCUT2D eigenvalue weighted by Crippen LogP contribution is -2.50. The molecule has 1 heterocycles. The number of hydrogen-bond donors (Lipinski definition) is 1. The number of carbonyl (C=O) groups excluding carboxylic acids is 2. The molecule has 0 aliphatic heterocycles. The minimum atomic E-state index is -0.602. The number of hydrogen-bond acceptors (Lipinski definition) is 5. The van der Waals surface area contributed by atoms with Gasteiger partial charge in [0.25, 0.3) is 5.91 Å². The smallest absolute Gasteiger partial charge is 0.410 e. The second-order valence-corrected chi connectivity index (χ2v) is 10.6. The van der Waals surface area contributed by atoms with Crippen LogP contribution < -0.4 is 0 Å². The number of aromatic amines is 1. The predicted octanol–water partition coefficient (Wildman–Crippen LogP) is 5.65. The Labute approximate surface area is 218 Å². The summed E-state index contributed by atoms with van der Waals surface area (Å²) >= 11 is 0. The summed E-state index contributed by atoms with van der Waals surface area (Å²) in [6.07, 6.45) is 2.93. The predicted molar refractivity (Wildman–Crippen MR) is 142 cm³/mol. The molecule has 1 aliphatic carbocycles. The summed E-state index contributed by atoms with van der Waals surface area (Å²) in [7, 11) is 0. The van der Waals surface area contributed by atoms with Gasteiger partial charge in [-0.2, -0.15) is 5.26 Å². The Kier molecular flexibility index (Phi) is 7.82. The van der Waals surface area contributed by atoms with Crippen LogP contribution in [0.15, 0.2) is 48.5 Å². The molecule has 0 spiro atoms. The third kappa shape index (κ3) is 6.11. The number of ether oxygens (including phenoxy) is 1. The van der Waals surface area contributed by atoms with E-state index in [4.69, 9.17) is 4.74 Å². The first kappa shape index (κ1) is 26.2. The quantitative estimate of drug-likeness (QED) is 0.471. The average molecular weight is 502 g/mol. The van der Waals surface area contributed by atoms with E-state index in [0.29, 0.717) is 36.1 Å². The highest BCUT2D eigenvalue weighted by Gasteiger charge is 2.36. The molecule has 1 saturated carbocycles. The van der Waals surface area contributed by atoms with Crippen molar-refractivity contribution in [3.8, 4) is 6.07 Å². The Hall–Kier alpha value is -3.86. The van der Waals surface area contributed by atoms with Crippen LogP contribution in [0.1, 0.15) is 75.1 Å². The van der Waals surface area contributed by atoms with E-state index in [-0.39, 0.29) is 29.9 Å². The van der Waals surface area contributed by atoms with Gasteiger partial charge in [-0.15, -0.1) is 0 Å². The maximum Gasteiger partial charge on any atom is 0.410 e. The van der Waals surface area contributed by atoms with E-state index < -0.39 is 5.60 Å². The second kappa shape index (κ2) is 11.0. The number of aromatic nitrogens is 2. The number of amides is 2. The molecule has 0 saturated heterocycles. The van der Waals surface area contributed by atoms with Gasteiger partial charge in [0.15, 0.2) is 5.82 Å². The highest BCUT2D eigenvalue weighted by Crippen LogP contribution is 2.30. The van der Waals surface area contributed by atoms with Crippen LogP contribution in [0.4, 0.5) is 4.79 Å². The number of H-pyrrole nitrogens is 1. The first-order chi connectivity index (χ1) is 17.7. The third-order valence-corrected chi connectivity index (χ3v) is 6.76. The summed E-state index contributed by atoms with van der Waals surface area (Å²) in [5.41, 5.74) is 2.04. The van der Waals surface area contributed by atoms with E-state index >= 15 is 0 Å². The molecule has 194 valence electrons. The number of carbonyl (C=O) groups is 2. The normalized spacial score (nSPS) is 17.7. The van der Waals surface area contributed by atoms with Gasteiger partial charge in [-0.05, 0) is 71.1 Å². The first-order valence-corrected chi connectivity index (χ1v) is 12.9. The van der Waals surface area contributed by atoms with Crippen molar-refractivity contribution in [3.63, 3.8) is 0 Å². The van der Waals surface area contributed by atoms with Gasteiger partial charge in [-0.1, -0.05) is 36.4 Å². The van der Waals surface area contributed by atoms with Crippen molar-refractivity contribution in [2.24, 2.45) is 0 Å². The lowest BCUT2D eigenvalue weighted by molar-refractivity contribution is 0.00431. The molecule has 1 N–H and O–H groups in total. The van der Waals surface area contributed by atoms with Gasteiger partial charge in [0, 0.05) is 25.2 Å². The molecule has 0 unspecified atom stereocenters. The van der Waals surface area contributed by atoms with E-state index in [0.717, 1.165) is 24.8 Å². The van der Waals surface area contributed by atoms with Gasteiger partial charge in [0.05, 0.1) is 11.1 Å². The Bertz CT molecular complexity index is 1290. The van der Waals surface area contributed by atoms with Gasteiger partial charge >= 0.3 is 6.09 Å². The molecule has 2 atom stereocenters. The third-order valence-electron chi connectivity index (χ3n) is 6.76. The van der Waals surface area contributed by atoms with Crippen molar-refractivity contribution in [2.45, 2.75) is 77.6 Å². The van der Waals surface area contributed by atoms with Crippen LogP contribution in [0.3, 0.4) is 0 Å². The van der Waals surface area contributed by atoms with E-state index in [1.54, 1.807) is 12.1 Å². The maximum absolute atomic E-state index is 13.6. The molecule has 2 amide bonds. The fraction of sp³-hybridized carbons (Fsp3) is 0.448. The number of imidazole rings is 1. The van der Waals surface area contributed by atoms with Crippen molar-refractivity contribution in [2.75, 3.05) is 6.54 Å². The molecule has 8 nitrogen and oxygen atoms in total. The number of nitrogens with zero attached hydrogens (tertiary/aromatic N) is 4. The molecule has 3 aromatic rings. The SMILES string of the molecule is CCN(C(=O)c1nc2c(C#N)cccc2[nH]1)[C@H]1CCC[C@@H](N(Cc2ccccc2)C(=O)OC(C)(C)C)C1. The van der Waals surface area contributed by atoms with Crippen molar-refractivity contribution < 1.29 is 14.3 Å². The van der Waals surface area contributed by atoms with Gasteiger partial charge < -0.3 is 19.5 Å². The zero-order chi connectivity index (χ0) is 26.6. The number of fused-ring (bicyclic) bond motifs is 1. The number of benzene rings is 2.